The molecule has 0 aromatic heterocycles. The molecule has 3 atom stereocenters. The van der Waals surface area contributed by atoms with Crippen molar-refractivity contribution in [3.8, 4) is 0 Å². The Morgan fingerprint density at radius 2 is 2.05 bits per heavy atom. The molecule has 0 saturated heterocycles. The van der Waals surface area contributed by atoms with Gasteiger partial charge in [0.1, 0.15) is 0 Å². The first-order chi connectivity index (χ1) is 9.15. The maximum atomic E-state index is 10.2. The molecule has 0 heterocycles. The third kappa shape index (κ3) is 3.29. The number of aliphatic hydroxyl groups excluding tert-OH is 1. The van der Waals surface area contributed by atoms with Crippen LogP contribution in [0.15, 0.2) is 24.3 Å². The predicted octanol–water partition coefficient (Wildman–Crippen LogP) is 2.58. The van der Waals surface area contributed by atoms with Crippen molar-refractivity contribution in [1.29, 1.82) is 0 Å². The summed E-state index contributed by atoms with van der Waals surface area (Å²) >= 11 is 6.27. The normalized spacial score (nSPS) is 25.5. The third-order valence-electron chi connectivity index (χ3n) is 4.20. The Kier molecular flexibility index (Phi) is 5.22. The molecule has 1 aromatic carbocycles. The molecular formula is C15H23ClN2O. The summed E-state index contributed by atoms with van der Waals surface area (Å²) in [4.78, 5) is 2.20. The molecule has 19 heavy (non-hydrogen) atoms. The maximum absolute atomic E-state index is 10.2. The molecular weight excluding hydrogens is 260 g/mol. The molecule has 106 valence electrons. The summed E-state index contributed by atoms with van der Waals surface area (Å²) in [6.07, 6.45) is 3.94. The van der Waals surface area contributed by atoms with Gasteiger partial charge in [-0.15, -0.1) is 0 Å². The van der Waals surface area contributed by atoms with Gasteiger partial charge in [0, 0.05) is 23.7 Å². The molecule has 1 aliphatic rings. The molecule has 0 aliphatic heterocycles. The monoisotopic (exact) mass is 282 g/mol. The van der Waals surface area contributed by atoms with Crippen LogP contribution in [0.1, 0.15) is 37.3 Å². The highest BCUT2D eigenvalue weighted by Crippen LogP contribution is 2.31. The van der Waals surface area contributed by atoms with Gasteiger partial charge in [-0.1, -0.05) is 42.6 Å². The summed E-state index contributed by atoms with van der Waals surface area (Å²) < 4.78 is 0. The second-order valence-corrected chi connectivity index (χ2v) is 5.76. The summed E-state index contributed by atoms with van der Waals surface area (Å²) in [5.74, 6) is 0. The molecule has 3 N–H and O–H groups in total. The van der Waals surface area contributed by atoms with Gasteiger partial charge in [0.2, 0.25) is 0 Å². The maximum Gasteiger partial charge on any atom is 0.0695 e. The zero-order valence-corrected chi connectivity index (χ0v) is 12.2. The second-order valence-electron chi connectivity index (χ2n) is 5.36. The van der Waals surface area contributed by atoms with E-state index in [9.17, 15) is 5.11 Å². The van der Waals surface area contributed by atoms with E-state index < -0.39 is 0 Å². The average molecular weight is 283 g/mol. The van der Waals surface area contributed by atoms with E-state index in [0.29, 0.717) is 6.54 Å². The number of hydrogen-bond donors (Lipinski definition) is 2. The van der Waals surface area contributed by atoms with Crippen LogP contribution in [0.3, 0.4) is 0 Å². The van der Waals surface area contributed by atoms with E-state index in [-0.39, 0.29) is 18.2 Å². The third-order valence-corrected chi connectivity index (χ3v) is 4.54. The lowest BCUT2D eigenvalue weighted by atomic mass is 9.90. The molecule has 2 rings (SSSR count). The Morgan fingerprint density at radius 1 is 1.37 bits per heavy atom. The summed E-state index contributed by atoms with van der Waals surface area (Å²) in [5, 5.41) is 10.9. The van der Waals surface area contributed by atoms with Crippen LogP contribution >= 0.6 is 11.6 Å². The fourth-order valence-corrected chi connectivity index (χ4v) is 3.32. The number of halogens is 1. The average Bonchev–Trinajstić information content (AvgIpc) is 2.42. The highest BCUT2D eigenvalue weighted by Gasteiger charge is 2.31. The van der Waals surface area contributed by atoms with Crippen LogP contribution in [0.2, 0.25) is 5.02 Å². The minimum absolute atomic E-state index is 0.0615. The lowest BCUT2D eigenvalue weighted by Crippen LogP contribution is -2.46. The van der Waals surface area contributed by atoms with Crippen molar-refractivity contribution < 1.29 is 5.11 Å². The van der Waals surface area contributed by atoms with Gasteiger partial charge >= 0.3 is 0 Å². The van der Waals surface area contributed by atoms with Crippen LogP contribution < -0.4 is 5.73 Å². The zero-order valence-electron chi connectivity index (χ0n) is 11.4. The zero-order chi connectivity index (χ0) is 13.8. The van der Waals surface area contributed by atoms with E-state index in [1.165, 1.54) is 6.42 Å². The van der Waals surface area contributed by atoms with E-state index in [2.05, 4.69) is 4.90 Å². The van der Waals surface area contributed by atoms with Crippen molar-refractivity contribution in [3.63, 3.8) is 0 Å². The van der Waals surface area contributed by atoms with Crippen molar-refractivity contribution >= 4 is 11.6 Å². The van der Waals surface area contributed by atoms with Crippen LogP contribution in [-0.2, 0) is 0 Å². The van der Waals surface area contributed by atoms with E-state index in [1.807, 2.05) is 31.3 Å². The number of benzene rings is 1. The Hall–Kier alpha value is -0.610. The van der Waals surface area contributed by atoms with Gasteiger partial charge < -0.3 is 10.8 Å². The highest BCUT2D eigenvalue weighted by molar-refractivity contribution is 6.31. The quantitative estimate of drug-likeness (QED) is 0.892. The predicted molar refractivity (Wildman–Crippen MR) is 79.3 cm³/mol. The molecule has 1 aliphatic carbocycles. The van der Waals surface area contributed by atoms with E-state index in [4.69, 9.17) is 17.3 Å². The Bertz CT molecular complexity index is 413. The van der Waals surface area contributed by atoms with Crippen molar-refractivity contribution in [3.05, 3.63) is 34.9 Å². The standard InChI is InChI=1S/C15H23ClN2O/c1-18(13-8-4-5-9-15(13)19)14(10-17)11-6-2-3-7-12(11)16/h2-3,6-7,13-15,19H,4-5,8-10,17H2,1H3. The minimum atomic E-state index is -0.254. The van der Waals surface area contributed by atoms with Crippen LogP contribution in [0, 0.1) is 0 Å². The number of rotatable bonds is 4. The van der Waals surface area contributed by atoms with E-state index in [1.54, 1.807) is 0 Å². The van der Waals surface area contributed by atoms with Gasteiger partial charge in [0.25, 0.3) is 0 Å². The smallest absolute Gasteiger partial charge is 0.0695 e. The Morgan fingerprint density at radius 3 is 2.68 bits per heavy atom. The Balaban J connectivity index is 2.19. The highest BCUT2D eigenvalue weighted by atomic mass is 35.5. The van der Waals surface area contributed by atoms with Crippen LogP contribution in [0.25, 0.3) is 0 Å². The topological polar surface area (TPSA) is 49.5 Å². The van der Waals surface area contributed by atoms with Crippen LogP contribution in [-0.4, -0.2) is 35.7 Å². The van der Waals surface area contributed by atoms with Gasteiger partial charge in [0.15, 0.2) is 0 Å². The van der Waals surface area contributed by atoms with Crippen molar-refractivity contribution in [2.24, 2.45) is 5.73 Å². The van der Waals surface area contributed by atoms with Crippen molar-refractivity contribution in [1.82, 2.24) is 4.90 Å². The minimum Gasteiger partial charge on any atom is -0.391 e. The van der Waals surface area contributed by atoms with Gasteiger partial charge in [-0.05, 0) is 31.5 Å². The number of aliphatic hydroxyl groups is 1. The first-order valence-electron chi connectivity index (χ1n) is 6.99. The van der Waals surface area contributed by atoms with Crippen molar-refractivity contribution in [2.75, 3.05) is 13.6 Å². The fraction of sp³-hybridized carbons (Fsp3) is 0.600. The van der Waals surface area contributed by atoms with Gasteiger partial charge in [0.05, 0.1) is 6.10 Å². The first kappa shape index (κ1) is 14.8. The first-order valence-corrected chi connectivity index (χ1v) is 7.37. The second kappa shape index (κ2) is 6.71. The molecule has 0 amide bonds. The molecule has 3 unspecified atom stereocenters. The number of likely N-dealkylation sites (N-methyl/N-ethyl adjacent to an activating group) is 1. The number of nitrogens with two attached hydrogens (primary N) is 1. The lowest BCUT2D eigenvalue weighted by molar-refractivity contribution is 0.0137. The van der Waals surface area contributed by atoms with Gasteiger partial charge in [-0.3, -0.25) is 4.90 Å². The summed E-state index contributed by atoms with van der Waals surface area (Å²) in [7, 11) is 2.04. The fourth-order valence-electron chi connectivity index (χ4n) is 3.06. The van der Waals surface area contributed by atoms with Gasteiger partial charge in [-0.25, -0.2) is 0 Å². The van der Waals surface area contributed by atoms with Crippen molar-refractivity contribution in [2.45, 2.75) is 43.9 Å². The molecule has 4 heteroatoms. The van der Waals surface area contributed by atoms with E-state index in [0.717, 1.165) is 29.8 Å². The summed E-state index contributed by atoms with van der Waals surface area (Å²) in [6.45, 7) is 0.503. The van der Waals surface area contributed by atoms with Crippen LogP contribution in [0.4, 0.5) is 0 Å². The molecule has 0 bridgehead atoms. The molecule has 0 spiro atoms. The molecule has 0 radical (unpaired) electrons. The number of nitrogens with zero attached hydrogens (tertiary/aromatic N) is 1. The Labute approximate surface area is 120 Å². The summed E-state index contributed by atoms with van der Waals surface area (Å²) in [6, 6.07) is 8.06. The molecule has 1 aromatic rings. The number of hydrogen-bond acceptors (Lipinski definition) is 3. The summed E-state index contributed by atoms with van der Waals surface area (Å²) in [5.41, 5.74) is 6.99. The molecule has 1 fully saturated rings. The van der Waals surface area contributed by atoms with Gasteiger partial charge in [-0.2, -0.15) is 0 Å². The molecule has 1 saturated carbocycles. The largest absolute Gasteiger partial charge is 0.391 e. The van der Waals surface area contributed by atoms with E-state index >= 15 is 0 Å². The lowest BCUT2D eigenvalue weighted by Gasteiger charge is -2.40. The van der Waals surface area contributed by atoms with Crippen LogP contribution in [0.5, 0.6) is 0 Å². The SMILES string of the molecule is CN(C(CN)c1ccccc1Cl)C1CCCCC1O. The molecule has 3 nitrogen and oxygen atoms in total.